The van der Waals surface area contributed by atoms with E-state index in [1.54, 1.807) is 6.92 Å². The fourth-order valence-corrected chi connectivity index (χ4v) is 3.43. The predicted molar refractivity (Wildman–Crippen MR) is 101 cm³/mol. The quantitative estimate of drug-likeness (QED) is 0.464. The van der Waals surface area contributed by atoms with Crippen LogP contribution in [0.15, 0.2) is 54.6 Å². The van der Waals surface area contributed by atoms with Crippen molar-refractivity contribution in [2.24, 2.45) is 5.92 Å². The van der Waals surface area contributed by atoms with Crippen molar-refractivity contribution in [2.45, 2.75) is 32.7 Å². The van der Waals surface area contributed by atoms with Gasteiger partial charge in [-0.05, 0) is 25.0 Å². The Balaban J connectivity index is 1.92. The molecule has 27 heavy (non-hydrogen) atoms. The Hall–Kier alpha value is -2.95. The lowest BCUT2D eigenvalue weighted by Gasteiger charge is -2.35. The lowest BCUT2D eigenvalue weighted by Crippen LogP contribution is -2.50. The fourth-order valence-electron chi connectivity index (χ4n) is 3.43. The number of aryl methyl sites for hydroxylation is 1. The zero-order chi connectivity index (χ0) is 19.4. The molecule has 3 rings (SSSR count). The normalized spacial score (nSPS) is 19.9. The summed E-state index contributed by atoms with van der Waals surface area (Å²) in [6, 6.07) is 16.9. The van der Waals surface area contributed by atoms with E-state index >= 15 is 0 Å². The number of ether oxygens (including phenoxy) is 1. The van der Waals surface area contributed by atoms with Crippen LogP contribution in [0.25, 0.3) is 0 Å². The molecule has 0 spiro atoms. The van der Waals surface area contributed by atoms with Crippen molar-refractivity contribution < 1.29 is 19.1 Å². The van der Waals surface area contributed by atoms with Crippen LogP contribution in [0.3, 0.4) is 0 Å². The first kappa shape index (κ1) is 18.8. The first-order chi connectivity index (χ1) is 13.0. The molecule has 0 bridgehead atoms. The highest BCUT2D eigenvalue weighted by Gasteiger charge is 2.46. The second-order valence-electron chi connectivity index (χ2n) is 6.75. The van der Waals surface area contributed by atoms with Crippen LogP contribution >= 0.6 is 0 Å². The summed E-state index contributed by atoms with van der Waals surface area (Å²) >= 11 is 0. The van der Waals surface area contributed by atoms with Gasteiger partial charge in [0.2, 0.25) is 11.8 Å². The minimum absolute atomic E-state index is 0.102. The van der Waals surface area contributed by atoms with E-state index in [1.807, 2.05) is 61.5 Å². The summed E-state index contributed by atoms with van der Waals surface area (Å²) in [5.41, 5.74) is 2.72. The largest absolute Gasteiger partial charge is 0.465 e. The molecule has 1 aliphatic heterocycles. The van der Waals surface area contributed by atoms with Crippen molar-refractivity contribution in [1.82, 2.24) is 4.90 Å². The summed E-state index contributed by atoms with van der Waals surface area (Å²) in [5, 5.41) is 0. The Labute approximate surface area is 158 Å². The average Bonchev–Trinajstić information content (AvgIpc) is 2.66. The maximum atomic E-state index is 13.1. The van der Waals surface area contributed by atoms with Gasteiger partial charge in [0, 0.05) is 12.3 Å². The number of rotatable bonds is 5. The standard InChI is InChI=1S/C22H23NO4/c1-3-27-22(26)20-18(17-11-9-15(2)10-12-17)13-19(24)23(21(20)25)14-16-7-5-4-6-8-16/h4-12,18,20H,3,13-14H2,1-2H3/t18-,20-/m0/s1. The van der Waals surface area contributed by atoms with Gasteiger partial charge in [0.05, 0.1) is 13.2 Å². The Morgan fingerprint density at radius 2 is 1.74 bits per heavy atom. The number of imide groups is 1. The second-order valence-corrected chi connectivity index (χ2v) is 6.75. The molecule has 1 heterocycles. The van der Waals surface area contributed by atoms with E-state index in [9.17, 15) is 14.4 Å². The van der Waals surface area contributed by atoms with Gasteiger partial charge < -0.3 is 4.74 Å². The molecule has 0 N–H and O–H groups in total. The summed E-state index contributed by atoms with van der Waals surface area (Å²) in [6.07, 6.45) is 0.102. The molecule has 0 saturated carbocycles. The smallest absolute Gasteiger partial charge is 0.319 e. The van der Waals surface area contributed by atoms with E-state index < -0.39 is 23.7 Å². The molecule has 140 valence electrons. The zero-order valence-corrected chi connectivity index (χ0v) is 15.6. The number of esters is 1. The monoisotopic (exact) mass is 365 g/mol. The third-order valence-corrected chi connectivity index (χ3v) is 4.86. The maximum Gasteiger partial charge on any atom is 0.319 e. The van der Waals surface area contributed by atoms with Crippen molar-refractivity contribution >= 4 is 17.8 Å². The van der Waals surface area contributed by atoms with E-state index in [0.29, 0.717) is 0 Å². The third kappa shape index (κ3) is 4.08. The minimum Gasteiger partial charge on any atom is -0.465 e. The number of amides is 2. The van der Waals surface area contributed by atoms with Crippen molar-refractivity contribution in [3.05, 3.63) is 71.3 Å². The number of benzene rings is 2. The van der Waals surface area contributed by atoms with Gasteiger partial charge in [-0.25, -0.2) is 0 Å². The summed E-state index contributed by atoms with van der Waals surface area (Å²) in [7, 11) is 0. The highest BCUT2D eigenvalue weighted by Crippen LogP contribution is 2.36. The van der Waals surface area contributed by atoms with Crippen LogP contribution < -0.4 is 0 Å². The topological polar surface area (TPSA) is 63.7 Å². The van der Waals surface area contributed by atoms with Gasteiger partial charge in [-0.3, -0.25) is 19.3 Å². The molecule has 0 aliphatic carbocycles. The first-order valence-electron chi connectivity index (χ1n) is 9.12. The molecule has 5 nitrogen and oxygen atoms in total. The SMILES string of the molecule is CCOC(=O)[C@@H]1C(=O)N(Cc2ccccc2)C(=O)C[C@H]1c1ccc(C)cc1. The summed E-state index contributed by atoms with van der Waals surface area (Å²) in [6.45, 7) is 4.02. The van der Waals surface area contributed by atoms with Crippen molar-refractivity contribution in [1.29, 1.82) is 0 Å². The van der Waals surface area contributed by atoms with E-state index in [1.165, 1.54) is 4.90 Å². The lowest BCUT2D eigenvalue weighted by molar-refractivity contribution is -0.163. The third-order valence-electron chi connectivity index (χ3n) is 4.86. The van der Waals surface area contributed by atoms with E-state index in [-0.39, 0.29) is 25.5 Å². The van der Waals surface area contributed by atoms with Crippen LogP contribution in [0.4, 0.5) is 0 Å². The van der Waals surface area contributed by atoms with Crippen LogP contribution in [-0.2, 0) is 25.7 Å². The molecule has 0 radical (unpaired) electrons. The number of hydrogen-bond acceptors (Lipinski definition) is 4. The van der Waals surface area contributed by atoms with Gasteiger partial charge in [-0.2, -0.15) is 0 Å². The Bertz CT molecular complexity index is 829. The van der Waals surface area contributed by atoms with Crippen LogP contribution in [0.2, 0.25) is 0 Å². The van der Waals surface area contributed by atoms with Gasteiger partial charge in [0.25, 0.3) is 0 Å². The zero-order valence-electron chi connectivity index (χ0n) is 15.6. The van der Waals surface area contributed by atoms with Crippen molar-refractivity contribution in [3.8, 4) is 0 Å². The Morgan fingerprint density at radius 3 is 2.37 bits per heavy atom. The predicted octanol–water partition coefficient (Wildman–Crippen LogP) is 3.22. The molecule has 2 aromatic rings. The molecule has 1 aliphatic rings. The minimum atomic E-state index is -1.01. The molecular weight excluding hydrogens is 342 g/mol. The van der Waals surface area contributed by atoms with Gasteiger partial charge in [-0.15, -0.1) is 0 Å². The molecule has 2 atom stereocenters. The number of carbonyl (C=O) groups is 3. The molecule has 2 aromatic carbocycles. The van der Waals surface area contributed by atoms with Crippen LogP contribution in [0.1, 0.15) is 36.0 Å². The van der Waals surface area contributed by atoms with E-state index in [4.69, 9.17) is 4.74 Å². The van der Waals surface area contributed by atoms with Gasteiger partial charge in [0.15, 0.2) is 0 Å². The van der Waals surface area contributed by atoms with Crippen LogP contribution in [0, 0.1) is 12.8 Å². The summed E-state index contributed by atoms with van der Waals surface area (Å²) in [4.78, 5) is 39.6. The van der Waals surface area contributed by atoms with Gasteiger partial charge in [0.1, 0.15) is 5.92 Å². The molecule has 0 unspecified atom stereocenters. The van der Waals surface area contributed by atoms with Gasteiger partial charge in [-0.1, -0.05) is 60.2 Å². The molecule has 0 aromatic heterocycles. The number of nitrogens with zero attached hydrogens (tertiary/aromatic N) is 1. The molecule has 2 amide bonds. The average molecular weight is 365 g/mol. The number of carbonyl (C=O) groups excluding carboxylic acids is 3. The number of piperidine rings is 1. The highest BCUT2D eigenvalue weighted by molar-refractivity contribution is 6.08. The van der Waals surface area contributed by atoms with Crippen LogP contribution in [-0.4, -0.2) is 29.3 Å². The molecule has 5 heteroatoms. The number of likely N-dealkylation sites (tertiary alicyclic amines) is 1. The van der Waals surface area contributed by atoms with Gasteiger partial charge >= 0.3 is 5.97 Å². The van der Waals surface area contributed by atoms with E-state index in [2.05, 4.69) is 0 Å². The van der Waals surface area contributed by atoms with Crippen molar-refractivity contribution in [3.63, 3.8) is 0 Å². The molecular formula is C22H23NO4. The van der Waals surface area contributed by atoms with Crippen molar-refractivity contribution in [2.75, 3.05) is 6.61 Å². The van der Waals surface area contributed by atoms with Crippen LogP contribution in [0.5, 0.6) is 0 Å². The highest BCUT2D eigenvalue weighted by atomic mass is 16.5. The first-order valence-corrected chi connectivity index (χ1v) is 9.12. The Morgan fingerprint density at radius 1 is 1.07 bits per heavy atom. The molecule has 1 saturated heterocycles. The lowest BCUT2D eigenvalue weighted by atomic mass is 9.79. The summed E-state index contributed by atoms with van der Waals surface area (Å²) in [5.74, 6) is -2.83. The second kappa shape index (κ2) is 8.16. The summed E-state index contributed by atoms with van der Waals surface area (Å²) < 4.78 is 5.16. The maximum absolute atomic E-state index is 13.1. The Kier molecular flexibility index (Phi) is 5.69. The molecule has 1 fully saturated rings. The van der Waals surface area contributed by atoms with E-state index in [0.717, 1.165) is 16.7 Å². The fraction of sp³-hybridized carbons (Fsp3) is 0.318. The number of hydrogen-bond donors (Lipinski definition) is 0.